The van der Waals surface area contributed by atoms with Gasteiger partial charge in [-0.1, -0.05) is 6.07 Å². The van der Waals surface area contributed by atoms with Crippen molar-refractivity contribution < 1.29 is 23.8 Å². The molecule has 0 aliphatic carbocycles. The summed E-state index contributed by atoms with van der Waals surface area (Å²) in [7, 11) is 4.95. The van der Waals surface area contributed by atoms with Crippen molar-refractivity contribution in [1.29, 1.82) is 5.26 Å². The Morgan fingerprint density at radius 3 is 2.67 bits per heavy atom. The highest BCUT2D eigenvalue weighted by Crippen LogP contribution is 2.28. The number of benzene rings is 1. The summed E-state index contributed by atoms with van der Waals surface area (Å²) in [6.07, 6.45) is 1.89. The molecule has 0 radical (unpaired) electrons. The molecule has 1 fully saturated rings. The number of hydrogen-bond acceptors (Lipinski definition) is 6. The lowest BCUT2D eigenvalue weighted by Crippen LogP contribution is -2.52. The second kappa shape index (κ2) is 9.45. The molecule has 162 valence electrons. The average Bonchev–Trinajstić information content (AvgIpc) is 2.76. The van der Waals surface area contributed by atoms with Gasteiger partial charge in [-0.3, -0.25) is 9.59 Å². The highest BCUT2D eigenvalue weighted by molar-refractivity contribution is 6.00. The van der Waals surface area contributed by atoms with Crippen molar-refractivity contribution >= 4 is 11.8 Å². The third kappa shape index (κ3) is 4.42. The Morgan fingerprint density at radius 2 is 1.97 bits per heavy atom. The molecule has 2 bridgehead atoms. The molecule has 1 saturated heterocycles. The third-order valence-corrected chi connectivity index (χ3v) is 6.00. The van der Waals surface area contributed by atoms with Crippen LogP contribution in [0.5, 0.6) is 5.75 Å². The molecule has 1 aromatic carbocycles. The fourth-order valence-corrected chi connectivity index (χ4v) is 4.03. The molecule has 3 rings (SSSR count). The van der Waals surface area contributed by atoms with E-state index in [4.69, 9.17) is 14.2 Å². The van der Waals surface area contributed by atoms with Crippen molar-refractivity contribution in [3.05, 3.63) is 29.3 Å². The van der Waals surface area contributed by atoms with Crippen LogP contribution in [0.3, 0.4) is 0 Å². The number of likely N-dealkylation sites (N-methyl/N-ethyl adjacent to an activating group) is 2. The van der Waals surface area contributed by atoms with E-state index in [-0.39, 0.29) is 41.4 Å². The highest BCUT2D eigenvalue weighted by Gasteiger charge is 2.35. The summed E-state index contributed by atoms with van der Waals surface area (Å²) >= 11 is 0. The van der Waals surface area contributed by atoms with Crippen molar-refractivity contribution in [2.75, 3.05) is 34.4 Å². The monoisotopic (exact) mass is 415 g/mol. The average molecular weight is 415 g/mol. The normalized spacial score (nSPS) is 28.2. The molecule has 0 saturated carbocycles. The lowest BCUT2D eigenvalue weighted by Gasteiger charge is -2.39. The smallest absolute Gasteiger partial charge is 0.258 e. The van der Waals surface area contributed by atoms with Gasteiger partial charge in [0.25, 0.3) is 5.91 Å². The van der Waals surface area contributed by atoms with E-state index in [1.165, 1.54) is 4.90 Å². The summed E-state index contributed by atoms with van der Waals surface area (Å²) < 4.78 is 17.7. The van der Waals surface area contributed by atoms with Crippen molar-refractivity contribution in [3.63, 3.8) is 0 Å². The minimum absolute atomic E-state index is 0.0404. The molecule has 0 unspecified atom stereocenters. The number of ether oxygens (including phenoxy) is 3. The highest BCUT2D eigenvalue weighted by atomic mass is 16.5. The van der Waals surface area contributed by atoms with Gasteiger partial charge in [-0.25, -0.2) is 0 Å². The van der Waals surface area contributed by atoms with Crippen molar-refractivity contribution in [2.45, 2.75) is 50.5 Å². The van der Waals surface area contributed by atoms with Gasteiger partial charge < -0.3 is 24.0 Å². The predicted octanol–water partition coefficient (Wildman–Crippen LogP) is 1.82. The van der Waals surface area contributed by atoms with Gasteiger partial charge >= 0.3 is 0 Å². The quantitative estimate of drug-likeness (QED) is 0.695. The Kier molecular flexibility index (Phi) is 6.95. The van der Waals surface area contributed by atoms with Crippen LogP contribution < -0.4 is 4.74 Å². The van der Waals surface area contributed by atoms with Crippen LogP contribution in [0.2, 0.25) is 0 Å². The van der Waals surface area contributed by atoms with E-state index in [0.717, 1.165) is 12.8 Å². The lowest BCUT2D eigenvalue weighted by atomic mass is 9.98. The van der Waals surface area contributed by atoms with Crippen LogP contribution in [-0.4, -0.2) is 80.3 Å². The van der Waals surface area contributed by atoms with Crippen molar-refractivity contribution in [2.24, 2.45) is 0 Å². The largest absolute Gasteiger partial charge is 0.491 e. The van der Waals surface area contributed by atoms with Gasteiger partial charge in [-0.15, -0.1) is 0 Å². The molecule has 0 spiro atoms. The first-order valence-corrected chi connectivity index (χ1v) is 10.2. The van der Waals surface area contributed by atoms with Crippen LogP contribution in [0.25, 0.3) is 0 Å². The van der Waals surface area contributed by atoms with E-state index >= 15 is 0 Å². The van der Waals surface area contributed by atoms with Crippen molar-refractivity contribution in [3.8, 4) is 11.8 Å². The molecule has 4 atom stereocenters. The molecular weight excluding hydrogens is 386 g/mol. The summed E-state index contributed by atoms with van der Waals surface area (Å²) in [6.45, 7) is 2.40. The third-order valence-electron chi connectivity index (χ3n) is 6.00. The zero-order valence-corrected chi connectivity index (χ0v) is 18.0. The molecule has 2 aliphatic rings. The predicted molar refractivity (Wildman–Crippen MR) is 109 cm³/mol. The molecule has 8 heteroatoms. The van der Waals surface area contributed by atoms with E-state index in [2.05, 4.69) is 6.07 Å². The second-order valence-corrected chi connectivity index (χ2v) is 7.89. The van der Waals surface area contributed by atoms with E-state index in [1.807, 2.05) is 0 Å². The number of rotatable bonds is 1. The Labute approximate surface area is 177 Å². The minimum Gasteiger partial charge on any atom is -0.491 e. The second-order valence-electron chi connectivity index (χ2n) is 7.89. The summed E-state index contributed by atoms with van der Waals surface area (Å²) in [5.74, 6) is -0.300. The molecule has 30 heavy (non-hydrogen) atoms. The maximum atomic E-state index is 13.2. The van der Waals surface area contributed by atoms with Gasteiger partial charge in [0, 0.05) is 34.2 Å². The topological polar surface area (TPSA) is 92.1 Å². The molecule has 2 aliphatic heterocycles. The molecule has 1 aromatic rings. The van der Waals surface area contributed by atoms with Gasteiger partial charge in [0.15, 0.2) is 0 Å². The number of carbonyl (C=O) groups excluding carboxylic acids is 2. The fraction of sp³-hybridized carbons (Fsp3) is 0.591. The Bertz CT molecular complexity index is 837. The number of amides is 2. The molecule has 2 amide bonds. The number of nitriles is 1. The number of nitrogens with zero attached hydrogens (tertiary/aromatic N) is 3. The Hall–Kier alpha value is -2.63. The molecular formula is C22H29N3O5. The first-order valence-electron chi connectivity index (χ1n) is 10.2. The van der Waals surface area contributed by atoms with E-state index in [0.29, 0.717) is 25.1 Å². The summed E-state index contributed by atoms with van der Waals surface area (Å²) in [5.41, 5.74) is 0.567. The SMILES string of the molecule is CO[C@H]1CC[C@@H]2CCOc3c(C#N)cccc3C(=O)N(C)[C@@H](C)C(=O)N(C)C[C@H]1O2. The maximum Gasteiger partial charge on any atom is 0.258 e. The Morgan fingerprint density at radius 1 is 1.20 bits per heavy atom. The first-order chi connectivity index (χ1) is 14.4. The molecule has 0 N–H and O–H groups in total. The number of fused-ring (bicyclic) bond motifs is 3. The summed E-state index contributed by atoms with van der Waals surface area (Å²) in [4.78, 5) is 29.1. The van der Waals surface area contributed by atoms with Crippen LogP contribution in [0.1, 0.15) is 42.1 Å². The molecule has 8 nitrogen and oxygen atoms in total. The zero-order chi connectivity index (χ0) is 21.8. The molecule has 0 aromatic heterocycles. The van der Waals surface area contributed by atoms with Gasteiger partial charge in [-0.05, 0) is 31.9 Å². The number of carbonyl (C=O) groups is 2. The maximum absolute atomic E-state index is 13.2. The lowest BCUT2D eigenvalue weighted by molar-refractivity contribution is -0.152. The van der Waals surface area contributed by atoms with Gasteiger partial charge in [-0.2, -0.15) is 5.26 Å². The summed E-state index contributed by atoms with van der Waals surface area (Å²) in [6, 6.07) is 6.29. The fourth-order valence-electron chi connectivity index (χ4n) is 4.03. The van der Waals surface area contributed by atoms with E-state index in [9.17, 15) is 14.9 Å². The van der Waals surface area contributed by atoms with Crippen LogP contribution in [0.4, 0.5) is 0 Å². The first kappa shape index (κ1) is 22.1. The summed E-state index contributed by atoms with van der Waals surface area (Å²) in [5, 5.41) is 9.49. The van der Waals surface area contributed by atoms with Crippen LogP contribution in [0, 0.1) is 11.3 Å². The van der Waals surface area contributed by atoms with Gasteiger partial charge in [0.2, 0.25) is 5.91 Å². The number of methoxy groups -OCH3 is 1. The van der Waals surface area contributed by atoms with E-state index < -0.39 is 6.04 Å². The zero-order valence-electron chi connectivity index (χ0n) is 18.0. The van der Waals surface area contributed by atoms with Crippen molar-refractivity contribution in [1.82, 2.24) is 9.80 Å². The number of para-hydroxylation sites is 1. The van der Waals surface area contributed by atoms with E-state index in [1.54, 1.807) is 51.2 Å². The standard InChI is InChI=1S/C22H29N3O5/c1-14-21(26)24(2)13-19-18(28-4)9-8-16(30-19)10-11-29-20-15(12-23)6-5-7-17(20)22(27)25(14)3/h5-7,14,16,18-19H,8-11,13H2,1-4H3/t14-,16+,18-,19+/m0/s1. The molecule has 2 heterocycles. The van der Waals surface area contributed by atoms with Crippen LogP contribution in [0.15, 0.2) is 18.2 Å². The van der Waals surface area contributed by atoms with Crippen LogP contribution >= 0.6 is 0 Å². The van der Waals surface area contributed by atoms with Gasteiger partial charge in [0.1, 0.15) is 24.0 Å². The van der Waals surface area contributed by atoms with Crippen LogP contribution in [-0.2, 0) is 14.3 Å². The minimum atomic E-state index is -0.690. The Balaban J connectivity index is 1.96. The number of hydrogen-bond donors (Lipinski definition) is 0. The van der Waals surface area contributed by atoms with Gasteiger partial charge in [0.05, 0.1) is 29.9 Å².